The minimum Gasteiger partial charge on any atom is -0.465 e. The zero-order valence-electron chi connectivity index (χ0n) is 18.1. The first-order chi connectivity index (χ1) is 16.3. The van der Waals surface area contributed by atoms with Gasteiger partial charge in [-0.05, 0) is 37.5 Å². The van der Waals surface area contributed by atoms with Gasteiger partial charge in [-0.1, -0.05) is 15.9 Å². The molecule has 0 saturated heterocycles. The number of imidazole rings is 1. The second-order valence-corrected chi connectivity index (χ2v) is 9.12. The Hall–Kier alpha value is -3.67. The van der Waals surface area contributed by atoms with Crippen molar-refractivity contribution in [1.29, 1.82) is 0 Å². The molecule has 0 aliphatic heterocycles. The first-order valence-corrected chi connectivity index (χ1v) is 11.5. The predicted molar refractivity (Wildman–Crippen MR) is 126 cm³/mol. The summed E-state index contributed by atoms with van der Waals surface area (Å²) in [5.41, 5.74) is 2.71. The molecule has 0 radical (unpaired) electrons. The molecule has 176 valence electrons. The number of rotatable bonds is 7. The van der Waals surface area contributed by atoms with Gasteiger partial charge in [0.2, 0.25) is 11.8 Å². The standard InChI is InChI=1S/C22H21BrN6O5/c1-10-14(23)5-4-13-18(10)29(12-2-3-12)21(31)17-19(13)34-16(28-17)8-25-20(30)15(27-22(32)33)6-11-7-24-9-26-11/h4-5,7,9,12,15,27H,2-3,6,8H2,1H3,(H,24,26)(H,25,30)(H,32,33)/t15-/m0/s1. The SMILES string of the molecule is Cc1c(Br)ccc2c3oc(CNC(=O)[C@H](Cc4cnc[nH]4)NC(=O)O)nc3c(=O)n(C3CC3)c12. The van der Waals surface area contributed by atoms with Gasteiger partial charge in [0.25, 0.3) is 5.56 Å². The highest BCUT2D eigenvalue weighted by Crippen LogP contribution is 2.39. The highest BCUT2D eigenvalue weighted by molar-refractivity contribution is 9.10. The number of halogens is 1. The lowest BCUT2D eigenvalue weighted by molar-refractivity contribution is -0.123. The number of aromatic nitrogens is 4. The molecular weight excluding hydrogens is 508 g/mol. The molecule has 1 saturated carbocycles. The molecule has 0 spiro atoms. The summed E-state index contributed by atoms with van der Waals surface area (Å²) in [4.78, 5) is 48.2. The Balaban J connectivity index is 1.45. The van der Waals surface area contributed by atoms with Crippen molar-refractivity contribution >= 4 is 49.9 Å². The van der Waals surface area contributed by atoms with E-state index in [1.165, 1.54) is 12.5 Å². The number of oxazole rings is 1. The first-order valence-electron chi connectivity index (χ1n) is 10.7. The lowest BCUT2D eigenvalue weighted by atomic mass is 10.1. The van der Waals surface area contributed by atoms with Gasteiger partial charge in [-0.25, -0.2) is 14.8 Å². The van der Waals surface area contributed by atoms with Gasteiger partial charge >= 0.3 is 6.09 Å². The monoisotopic (exact) mass is 528 g/mol. The van der Waals surface area contributed by atoms with E-state index in [-0.39, 0.29) is 36.0 Å². The number of carbonyl (C=O) groups is 2. The van der Waals surface area contributed by atoms with Gasteiger partial charge in [0.15, 0.2) is 11.1 Å². The number of aryl methyl sites for hydroxylation is 1. The summed E-state index contributed by atoms with van der Waals surface area (Å²) in [5.74, 6) is -0.397. The summed E-state index contributed by atoms with van der Waals surface area (Å²) in [6.07, 6.45) is 3.60. The van der Waals surface area contributed by atoms with E-state index < -0.39 is 18.0 Å². The summed E-state index contributed by atoms with van der Waals surface area (Å²) >= 11 is 3.54. The number of nitrogens with one attached hydrogen (secondary N) is 3. The number of benzene rings is 1. The van der Waals surface area contributed by atoms with Gasteiger partial charge in [-0.15, -0.1) is 0 Å². The number of aromatic amines is 1. The normalized spacial score (nSPS) is 14.4. The average Bonchev–Trinajstić information content (AvgIpc) is 3.32. The van der Waals surface area contributed by atoms with Crippen LogP contribution in [0.15, 0.2) is 38.3 Å². The van der Waals surface area contributed by atoms with E-state index in [2.05, 4.69) is 41.5 Å². The van der Waals surface area contributed by atoms with Crippen molar-refractivity contribution in [2.45, 2.75) is 44.8 Å². The van der Waals surface area contributed by atoms with Crippen LogP contribution in [0.2, 0.25) is 0 Å². The Morgan fingerprint density at radius 2 is 2.18 bits per heavy atom. The summed E-state index contributed by atoms with van der Waals surface area (Å²) < 4.78 is 8.61. The van der Waals surface area contributed by atoms with E-state index in [0.717, 1.165) is 33.8 Å². The van der Waals surface area contributed by atoms with E-state index in [4.69, 9.17) is 9.52 Å². The highest BCUT2D eigenvalue weighted by atomic mass is 79.9. The molecular formula is C22H21BrN6O5. The van der Waals surface area contributed by atoms with E-state index in [1.807, 2.05) is 19.1 Å². The molecule has 2 amide bonds. The molecule has 11 nitrogen and oxygen atoms in total. The van der Waals surface area contributed by atoms with Gasteiger partial charge in [0, 0.05) is 34.2 Å². The van der Waals surface area contributed by atoms with Crippen LogP contribution in [0.4, 0.5) is 4.79 Å². The van der Waals surface area contributed by atoms with E-state index >= 15 is 0 Å². The number of hydrogen-bond acceptors (Lipinski definition) is 6. The number of pyridine rings is 1. The smallest absolute Gasteiger partial charge is 0.405 e. The number of carbonyl (C=O) groups excluding carboxylic acids is 1. The summed E-state index contributed by atoms with van der Waals surface area (Å²) in [6.45, 7) is 1.84. The Morgan fingerprint density at radius 3 is 2.85 bits per heavy atom. The second kappa shape index (κ2) is 8.60. The van der Waals surface area contributed by atoms with Crippen LogP contribution >= 0.6 is 15.9 Å². The predicted octanol–water partition coefficient (Wildman–Crippen LogP) is 2.77. The third kappa shape index (κ3) is 4.04. The lowest BCUT2D eigenvalue weighted by Gasteiger charge is -2.15. The fourth-order valence-electron chi connectivity index (χ4n) is 4.09. The summed E-state index contributed by atoms with van der Waals surface area (Å²) in [5, 5.41) is 14.7. The molecule has 1 aromatic carbocycles. The largest absolute Gasteiger partial charge is 0.465 e. The Kier molecular flexibility index (Phi) is 5.60. The van der Waals surface area contributed by atoms with E-state index in [9.17, 15) is 14.4 Å². The number of amides is 2. The van der Waals surface area contributed by atoms with Gasteiger partial charge in [0.1, 0.15) is 6.04 Å². The summed E-state index contributed by atoms with van der Waals surface area (Å²) in [7, 11) is 0. The van der Waals surface area contributed by atoms with Gasteiger partial charge in [0.05, 0.1) is 18.4 Å². The number of nitrogens with zero attached hydrogens (tertiary/aromatic N) is 3. The maximum absolute atomic E-state index is 13.3. The summed E-state index contributed by atoms with van der Waals surface area (Å²) in [6, 6.07) is 2.88. The fourth-order valence-corrected chi connectivity index (χ4v) is 4.41. The maximum Gasteiger partial charge on any atom is 0.405 e. The third-order valence-electron chi connectivity index (χ3n) is 5.86. The van der Waals surface area contributed by atoms with E-state index in [1.54, 1.807) is 4.57 Å². The topological polar surface area (TPSA) is 155 Å². The van der Waals surface area contributed by atoms with Crippen LogP contribution in [0.5, 0.6) is 0 Å². The van der Waals surface area contributed by atoms with Crippen LogP contribution < -0.4 is 16.2 Å². The molecule has 3 heterocycles. The van der Waals surface area contributed by atoms with Crippen molar-refractivity contribution < 1.29 is 19.1 Å². The Labute approximate surface area is 200 Å². The highest BCUT2D eigenvalue weighted by Gasteiger charge is 2.30. The molecule has 1 aliphatic rings. The lowest BCUT2D eigenvalue weighted by Crippen LogP contribution is -2.47. The molecule has 0 unspecified atom stereocenters. The zero-order valence-corrected chi connectivity index (χ0v) is 19.7. The van der Waals surface area contributed by atoms with Crippen LogP contribution in [0, 0.1) is 6.92 Å². The van der Waals surface area contributed by atoms with E-state index in [0.29, 0.717) is 11.3 Å². The van der Waals surface area contributed by atoms with Crippen molar-refractivity contribution in [2.24, 2.45) is 0 Å². The Morgan fingerprint density at radius 1 is 1.38 bits per heavy atom. The van der Waals surface area contributed by atoms with Crippen LogP contribution in [-0.4, -0.2) is 42.7 Å². The third-order valence-corrected chi connectivity index (χ3v) is 6.72. The zero-order chi connectivity index (χ0) is 24.0. The van der Waals surface area contributed by atoms with Crippen LogP contribution in [0.3, 0.4) is 0 Å². The van der Waals surface area contributed by atoms with Crippen molar-refractivity contribution in [3.63, 3.8) is 0 Å². The van der Waals surface area contributed by atoms with Crippen LogP contribution in [-0.2, 0) is 17.8 Å². The molecule has 34 heavy (non-hydrogen) atoms. The quantitative estimate of drug-likeness (QED) is 0.287. The number of H-pyrrole nitrogens is 1. The van der Waals surface area contributed by atoms with Crippen molar-refractivity contribution in [2.75, 3.05) is 0 Å². The second-order valence-electron chi connectivity index (χ2n) is 8.26. The maximum atomic E-state index is 13.3. The molecule has 4 aromatic rings. The Bertz CT molecular complexity index is 1470. The molecule has 4 N–H and O–H groups in total. The van der Waals surface area contributed by atoms with Crippen LogP contribution in [0.25, 0.3) is 22.0 Å². The molecule has 12 heteroatoms. The molecule has 1 fully saturated rings. The number of hydrogen-bond donors (Lipinski definition) is 4. The van der Waals surface area contributed by atoms with Gasteiger partial charge in [-0.2, -0.15) is 0 Å². The van der Waals surface area contributed by atoms with Crippen LogP contribution in [0.1, 0.15) is 36.0 Å². The molecule has 5 rings (SSSR count). The van der Waals surface area contributed by atoms with Gasteiger partial charge < -0.3 is 29.7 Å². The molecule has 3 aromatic heterocycles. The minimum atomic E-state index is -1.32. The molecule has 0 bridgehead atoms. The van der Waals surface area contributed by atoms with Crippen molar-refractivity contribution in [3.05, 3.63) is 56.6 Å². The number of carboxylic acid groups (broad SMARTS) is 1. The number of fused-ring (bicyclic) bond motifs is 3. The van der Waals surface area contributed by atoms with Crippen molar-refractivity contribution in [1.82, 2.24) is 30.2 Å². The van der Waals surface area contributed by atoms with Gasteiger partial charge in [-0.3, -0.25) is 9.59 Å². The minimum absolute atomic E-state index is 0.0938. The molecule has 1 aliphatic carbocycles. The first kappa shape index (κ1) is 22.1. The fraction of sp³-hybridized carbons (Fsp3) is 0.318. The average molecular weight is 529 g/mol. The molecule has 1 atom stereocenters. The van der Waals surface area contributed by atoms with Crippen molar-refractivity contribution in [3.8, 4) is 0 Å².